The van der Waals surface area contributed by atoms with Crippen LogP contribution >= 0.6 is 11.3 Å². The predicted molar refractivity (Wildman–Crippen MR) is 113 cm³/mol. The van der Waals surface area contributed by atoms with Gasteiger partial charge in [0.2, 0.25) is 5.78 Å². The molecule has 0 fully saturated rings. The Morgan fingerprint density at radius 3 is 2.41 bits per heavy atom. The van der Waals surface area contributed by atoms with Crippen molar-refractivity contribution < 1.29 is 30.8 Å². The Bertz CT molecular complexity index is 1310. The highest BCUT2D eigenvalue weighted by atomic mass is 32.2. The third kappa shape index (κ3) is 4.00. The average Bonchev–Trinajstić information content (AvgIpc) is 3.21. The van der Waals surface area contributed by atoms with Crippen molar-refractivity contribution >= 4 is 38.5 Å². The van der Waals surface area contributed by atoms with Gasteiger partial charge in [0.15, 0.2) is 4.91 Å². The van der Waals surface area contributed by atoms with Crippen LogP contribution in [0.1, 0.15) is 20.8 Å². The molecule has 0 aliphatic carbocycles. The molecule has 0 saturated heterocycles. The second-order valence-corrected chi connectivity index (χ2v) is 9.55. The Morgan fingerprint density at radius 2 is 1.72 bits per heavy atom. The second kappa shape index (κ2) is 8.06. The van der Waals surface area contributed by atoms with E-state index < -0.39 is 44.0 Å². The SMILES string of the molecule is O=C1C(=CNc2ccccc2C(F)(F)F)S(=O)(=O)N(Cc2ccc(F)cc2)c2ccsc21. The summed E-state index contributed by atoms with van der Waals surface area (Å²) in [6.45, 7) is -0.184. The van der Waals surface area contributed by atoms with Gasteiger partial charge in [0.05, 0.1) is 23.5 Å². The van der Waals surface area contributed by atoms with Gasteiger partial charge in [-0.1, -0.05) is 24.3 Å². The van der Waals surface area contributed by atoms with Crippen molar-refractivity contribution in [3.05, 3.63) is 92.9 Å². The number of nitrogens with zero attached hydrogens (tertiary/aromatic N) is 1. The molecule has 5 nitrogen and oxygen atoms in total. The largest absolute Gasteiger partial charge is 0.418 e. The van der Waals surface area contributed by atoms with E-state index in [0.717, 1.165) is 34.0 Å². The van der Waals surface area contributed by atoms with Crippen LogP contribution in [0.3, 0.4) is 0 Å². The Kier molecular flexibility index (Phi) is 5.55. The molecule has 0 unspecified atom stereocenters. The highest BCUT2D eigenvalue weighted by Gasteiger charge is 2.41. The molecule has 1 aliphatic heterocycles. The number of nitrogens with one attached hydrogen (secondary N) is 1. The van der Waals surface area contributed by atoms with E-state index in [9.17, 15) is 30.8 Å². The molecule has 0 amide bonds. The first kappa shape index (κ1) is 22.0. The van der Waals surface area contributed by atoms with Gasteiger partial charge in [-0.05, 0) is 41.3 Å². The van der Waals surface area contributed by atoms with Crippen molar-refractivity contribution in [3.8, 4) is 0 Å². The number of ketones is 1. The standard InChI is InChI=1S/C21H14F4N2O3S2/c22-14-7-5-13(6-8-14)12-27-17-9-10-31-20(17)19(28)18(32(27,29)30)11-26-16-4-2-1-3-15(16)21(23,24)25/h1-11,26H,12H2. The highest BCUT2D eigenvalue weighted by molar-refractivity contribution is 7.97. The number of benzene rings is 2. The molecule has 0 saturated carbocycles. The van der Waals surface area contributed by atoms with Crippen molar-refractivity contribution in [3.63, 3.8) is 0 Å². The summed E-state index contributed by atoms with van der Waals surface area (Å²) in [6.07, 6.45) is -3.89. The minimum absolute atomic E-state index is 0.138. The van der Waals surface area contributed by atoms with E-state index in [0.29, 0.717) is 5.56 Å². The molecule has 11 heteroatoms. The number of Topliss-reactive ketones (excluding diaryl/α,β-unsaturated/α-hetero) is 1. The molecular formula is C21H14F4N2O3S2. The number of carbonyl (C=O) groups is 1. The quantitative estimate of drug-likeness (QED) is 0.400. The maximum atomic E-state index is 13.3. The van der Waals surface area contributed by atoms with Gasteiger partial charge >= 0.3 is 6.18 Å². The number of anilines is 2. The lowest BCUT2D eigenvalue weighted by Crippen LogP contribution is -2.38. The van der Waals surface area contributed by atoms with Gasteiger partial charge in [-0.15, -0.1) is 11.3 Å². The van der Waals surface area contributed by atoms with Gasteiger partial charge in [-0.2, -0.15) is 13.2 Å². The van der Waals surface area contributed by atoms with E-state index >= 15 is 0 Å². The summed E-state index contributed by atoms with van der Waals surface area (Å²) < 4.78 is 80.5. The third-order valence-electron chi connectivity index (χ3n) is 4.74. The van der Waals surface area contributed by atoms with Crippen molar-refractivity contribution in [2.24, 2.45) is 0 Å². The third-order valence-corrected chi connectivity index (χ3v) is 7.41. The van der Waals surface area contributed by atoms with Crippen LogP contribution in [0.25, 0.3) is 0 Å². The highest BCUT2D eigenvalue weighted by Crippen LogP contribution is 2.40. The topological polar surface area (TPSA) is 66.5 Å². The monoisotopic (exact) mass is 482 g/mol. The number of para-hydroxylation sites is 1. The summed E-state index contributed by atoms with van der Waals surface area (Å²) >= 11 is 1.02. The number of hydrogen-bond acceptors (Lipinski definition) is 5. The molecule has 32 heavy (non-hydrogen) atoms. The van der Waals surface area contributed by atoms with Crippen LogP contribution in [-0.4, -0.2) is 14.2 Å². The number of alkyl halides is 3. The molecule has 0 atom stereocenters. The first-order valence-electron chi connectivity index (χ1n) is 9.11. The minimum atomic E-state index is -4.67. The summed E-state index contributed by atoms with van der Waals surface area (Å²) in [5, 5.41) is 3.88. The molecule has 1 aromatic heterocycles. The lowest BCUT2D eigenvalue weighted by Gasteiger charge is -2.29. The molecule has 2 heterocycles. The van der Waals surface area contributed by atoms with Crippen LogP contribution < -0.4 is 9.62 Å². The van der Waals surface area contributed by atoms with Crippen LogP contribution in [-0.2, 0) is 22.7 Å². The van der Waals surface area contributed by atoms with Crippen LogP contribution in [0.2, 0.25) is 0 Å². The molecule has 1 N–H and O–H groups in total. The maximum Gasteiger partial charge on any atom is 0.418 e. The Hall–Kier alpha value is -3.18. The fourth-order valence-electron chi connectivity index (χ4n) is 3.21. The van der Waals surface area contributed by atoms with Gasteiger partial charge in [0.25, 0.3) is 10.0 Å². The number of hydrogen-bond donors (Lipinski definition) is 1. The number of halogens is 4. The Labute approximate surface area is 184 Å². The summed E-state index contributed by atoms with van der Waals surface area (Å²) in [5.74, 6) is -1.31. The van der Waals surface area contributed by atoms with Crippen molar-refractivity contribution in [1.82, 2.24) is 0 Å². The lowest BCUT2D eigenvalue weighted by atomic mass is 10.1. The summed E-state index contributed by atoms with van der Waals surface area (Å²) in [5.41, 5.74) is -0.761. The van der Waals surface area contributed by atoms with Crippen LogP contribution in [0, 0.1) is 5.82 Å². The molecule has 166 valence electrons. The predicted octanol–water partition coefficient (Wildman–Crippen LogP) is 5.39. The van der Waals surface area contributed by atoms with Gasteiger partial charge in [0.1, 0.15) is 10.7 Å². The zero-order chi connectivity index (χ0) is 23.1. The molecule has 2 aromatic carbocycles. The van der Waals surface area contributed by atoms with Gasteiger partial charge in [-0.25, -0.2) is 12.8 Å². The van der Waals surface area contributed by atoms with Gasteiger partial charge < -0.3 is 5.32 Å². The number of allylic oxidation sites excluding steroid dienone is 1. The summed E-state index contributed by atoms with van der Waals surface area (Å²) in [4.78, 5) is 12.3. The smallest absolute Gasteiger partial charge is 0.360 e. The number of rotatable bonds is 4. The van der Waals surface area contributed by atoms with Crippen molar-refractivity contribution in [2.75, 3.05) is 9.62 Å². The number of sulfonamides is 1. The molecule has 4 rings (SSSR count). The summed E-state index contributed by atoms with van der Waals surface area (Å²) in [7, 11) is -4.41. The molecule has 0 radical (unpaired) electrons. The second-order valence-electron chi connectivity index (χ2n) is 6.80. The normalized spacial score (nSPS) is 16.8. The molecule has 1 aliphatic rings. The van der Waals surface area contributed by atoms with Gasteiger partial charge in [0, 0.05) is 6.20 Å². The minimum Gasteiger partial charge on any atom is -0.360 e. The number of carbonyl (C=O) groups excluding carboxylic acids is 1. The van der Waals surface area contributed by atoms with Gasteiger partial charge in [-0.3, -0.25) is 9.10 Å². The van der Waals surface area contributed by atoms with Crippen LogP contribution in [0.4, 0.5) is 28.9 Å². The fraction of sp³-hybridized carbons (Fsp3) is 0.0952. The molecular weight excluding hydrogens is 468 g/mol. The van der Waals surface area contributed by atoms with E-state index in [2.05, 4.69) is 5.32 Å². The zero-order valence-electron chi connectivity index (χ0n) is 16.1. The Morgan fingerprint density at radius 1 is 1.03 bits per heavy atom. The van der Waals surface area contributed by atoms with E-state index in [1.165, 1.54) is 42.5 Å². The molecule has 3 aromatic rings. The first-order valence-corrected chi connectivity index (χ1v) is 11.4. The number of fused-ring (bicyclic) bond motifs is 1. The van der Waals surface area contributed by atoms with Crippen molar-refractivity contribution in [2.45, 2.75) is 12.7 Å². The average molecular weight is 482 g/mol. The zero-order valence-corrected chi connectivity index (χ0v) is 17.7. The van der Waals surface area contributed by atoms with Crippen molar-refractivity contribution in [1.29, 1.82) is 0 Å². The maximum absolute atomic E-state index is 13.3. The first-order chi connectivity index (χ1) is 15.1. The summed E-state index contributed by atoms with van der Waals surface area (Å²) in [6, 6.07) is 11.2. The lowest BCUT2D eigenvalue weighted by molar-refractivity contribution is -0.136. The molecule has 0 bridgehead atoms. The van der Waals surface area contributed by atoms with E-state index in [-0.39, 0.29) is 17.1 Å². The van der Waals surface area contributed by atoms with E-state index in [4.69, 9.17) is 0 Å². The van der Waals surface area contributed by atoms with E-state index in [1.54, 1.807) is 5.38 Å². The molecule has 0 spiro atoms. The van der Waals surface area contributed by atoms with Crippen LogP contribution in [0.5, 0.6) is 0 Å². The van der Waals surface area contributed by atoms with Crippen LogP contribution in [0.15, 0.2) is 71.1 Å². The fourth-order valence-corrected chi connectivity index (χ4v) is 5.69. The van der Waals surface area contributed by atoms with E-state index in [1.807, 2.05) is 0 Å². The number of thiophene rings is 1. The Balaban J connectivity index is 1.75.